The van der Waals surface area contributed by atoms with Crippen LogP contribution >= 0.6 is 0 Å². The smallest absolute Gasteiger partial charge is 0.0223 e. The van der Waals surface area contributed by atoms with E-state index in [1.165, 1.54) is 64.7 Å². The van der Waals surface area contributed by atoms with Gasteiger partial charge in [-0.3, -0.25) is 9.80 Å². The summed E-state index contributed by atoms with van der Waals surface area (Å²) in [6.45, 7) is 8.62. The monoisotopic (exact) mass is 265 g/mol. The van der Waals surface area contributed by atoms with Gasteiger partial charge in [0.1, 0.15) is 0 Å². The Hall–Kier alpha value is -0.120. The van der Waals surface area contributed by atoms with Gasteiger partial charge >= 0.3 is 0 Å². The van der Waals surface area contributed by atoms with Gasteiger partial charge in [-0.05, 0) is 70.1 Å². The van der Waals surface area contributed by atoms with Gasteiger partial charge in [-0.15, -0.1) is 0 Å². The first kappa shape index (κ1) is 13.8. The van der Waals surface area contributed by atoms with Crippen LogP contribution in [0.2, 0.25) is 0 Å². The lowest BCUT2D eigenvalue weighted by Crippen LogP contribution is -2.49. The molecule has 2 aliphatic heterocycles. The summed E-state index contributed by atoms with van der Waals surface area (Å²) in [7, 11) is 0. The average molecular weight is 265 g/mol. The first-order valence-electron chi connectivity index (χ1n) is 8.46. The van der Waals surface area contributed by atoms with E-state index in [1.807, 2.05) is 0 Å². The number of fused-ring (bicyclic) bond motifs is 1. The zero-order valence-corrected chi connectivity index (χ0v) is 12.6. The van der Waals surface area contributed by atoms with Crippen molar-refractivity contribution in [3.05, 3.63) is 0 Å². The van der Waals surface area contributed by atoms with E-state index in [0.717, 1.165) is 30.5 Å². The third kappa shape index (κ3) is 2.98. The summed E-state index contributed by atoms with van der Waals surface area (Å²) < 4.78 is 0. The number of hydrogen-bond acceptors (Lipinski definition) is 3. The lowest BCUT2D eigenvalue weighted by atomic mass is 9.78. The second-order valence-corrected chi connectivity index (χ2v) is 7.16. The highest BCUT2D eigenvalue weighted by Crippen LogP contribution is 2.33. The molecule has 4 atom stereocenters. The molecular formula is C16H31N3. The first-order valence-corrected chi connectivity index (χ1v) is 8.46. The molecule has 0 spiro atoms. The molecule has 3 fully saturated rings. The van der Waals surface area contributed by atoms with Crippen molar-refractivity contribution in [1.82, 2.24) is 9.80 Å². The summed E-state index contributed by atoms with van der Waals surface area (Å²) in [6, 6.07) is 1.62. The molecule has 0 radical (unpaired) electrons. The maximum absolute atomic E-state index is 6.05. The van der Waals surface area contributed by atoms with Crippen molar-refractivity contribution in [2.45, 2.75) is 57.5 Å². The van der Waals surface area contributed by atoms with Gasteiger partial charge in [0, 0.05) is 18.6 Å². The highest BCUT2D eigenvalue weighted by molar-refractivity contribution is 4.92. The van der Waals surface area contributed by atoms with Gasteiger partial charge in [-0.1, -0.05) is 13.3 Å². The minimum atomic E-state index is 0.754. The molecule has 3 aliphatic rings. The molecule has 0 aromatic rings. The van der Waals surface area contributed by atoms with Crippen molar-refractivity contribution in [3.63, 3.8) is 0 Å². The molecule has 2 heterocycles. The minimum absolute atomic E-state index is 0.754. The fraction of sp³-hybridized carbons (Fsp3) is 1.00. The average Bonchev–Trinajstić information content (AvgIpc) is 2.76. The molecule has 110 valence electrons. The van der Waals surface area contributed by atoms with Crippen LogP contribution in [-0.4, -0.2) is 54.6 Å². The summed E-state index contributed by atoms with van der Waals surface area (Å²) >= 11 is 0. The van der Waals surface area contributed by atoms with Crippen LogP contribution in [0.15, 0.2) is 0 Å². The quantitative estimate of drug-likeness (QED) is 0.828. The molecule has 0 amide bonds. The number of rotatable bonds is 2. The molecule has 2 N–H and O–H groups in total. The van der Waals surface area contributed by atoms with Crippen LogP contribution in [-0.2, 0) is 0 Å². The Labute approximate surface area is 118 Å². The van der Waals surface area contributed by atoms with Crippen molar-refractivity contribution in [3.8, 4) is 0 Å². The normalized spacial score (nSPS) is 42.0. The van der Waals surface area contributed by atoms with Crippen LogP contribution in [0.25, 0.3) is 0 Å². The molecule has 0 aromatic heterocycles. The zero-order valence-electron chi connectivity index (χ0n) is 12.6. The summed E-state index contributed by atoms with van der Waals surface area (Å²) in [5.74, 6) is 1.65. The van der Waals surface area contributed by atoms with Crippen molar-refractivity contribution >= 4 is 0 Å². The number of hydrogen-bond donors (Lipinski definition) is 1. The predicted molar refractivity (Wildman–Crippen MR) is 80.1 cm³/mol. The van der Waals surface area contributed by atoms with E-state index in [0.29, 0.717) is 0 Å². The highest BCUT2D eigenvalue weighted by atomic mass is 15.3. The van der Waals surface area contributed by atoms with Crippen molar-refractivity contribution < 1.29 is 0 Å². The van der Waals surface area contributed by atoms with Gasteiger partial charge in [0.05, 0.1) is 0 Å². The maximum atomic E-state index is 6.05. The topological polar surface area (TPSA) is 32.5 Å². The maximum Gasteiger partial charge on any atom is 0.0223 e. The Kier molecular flexibility index (Phi) is 4.45. The fourth-order valence-electron chi connectivity index (χ4n) is 4.67. The Balaban J connectivity index is 1.68. The van der Waals surface area contributed by atoms with Crippen LogP contribution in [0.5, 0.6) is 0 Å². The third-order valence-corrected chi connectivity index (χ3v) is 5.83. The van der Waals surface area contributed by atoms with Gasteiger partial charge in [0.15, 0.2) is 0 Å². The van der Waals surface area contributed by atoms with Crippen LogP contribution in [0.3, 0.4) is 0 Å². The molecule has 0 aromatic carbocycles. The third-order valence-electron chi connectivity index (χ3n) is 5.83. The Bertz CT molecular complexity index is 294. The summed E-state index contributed by atoms with van der Waals surface area (Å²) in [4.78, 5) is 5.56. The number of nitrogens with zero attached hydrogens (tertiary/aromatic N) is 2. The molecule has 0 bridgehead atoms. The van der Waals surface area contributed by atoms with Crippen LogP contribution < -0.4 is 5.73 Å². The van der Waals surface area contributed by atoms with E-state index in [1.54, 1.807) is 0 Å². The van der Waals surface area contributed by atoms with Gasteiger partial charge in [0.2, 0.25) is 0 Å². The van der Waals surface area contributed by atoms with E-state index in [4.69, 9.17) is 5.73 Å². The standard InChI is InChI=1S/C16H31N3/c1-13-5-6-14(11-17)16(10-13)19-9-3-8-18-7-2-4-15(18)12-19/h13-16H,2-12,17H2,1H3. The second kappa shape index (κ2) is 6.11. The predicted octanol–water partition coefficient (Wildman–Crippen LogP) is 1.92. The molecule has 2 saturated heterocycles. The lowest BCUT2D eigenvalue weighted by Gasteiger charge is -2.42. The SMILES string of the molecule is CC1CCC(CN)C(N2CCCN3CCCC3C2)C1. The molecule has 3 rings (SSSR count). The largest absolute Gasteiger partial charge is 0.330 e. The summed E-state index contributed by atoms with van der Waals surface area (Å²) in [5.41, 5.74) is 6.05. The van der Waals surface area contributed by atoms with Crippen LogP contribution in [0.1, 0.15) is 45.4 Å². The fourth-order valence-corrected chi connectivity index (χ4v) is 4.67. The molecule has 19 heavy (non-hydrogen) atoms. The van der Waals surface area contributed by atoms with Gasteiger partial charge in [-0.25, -0.2) is 0 Å². The molecule has 1 aliphatic carbocycles. The van der Waals surface area contributed by atoms with E-state index in [9.17, 15) is 0 Å². The summed E-state index contributed by atoms with van der Waals surface area (Å²) in [5, 5.41) is 0. The Morgan fingerprint density at radius 3 is 2.63 bits per heavy atom. The summed E-state index contributed by atoms with van der Waals surface area (Å²) in [6.07, 6.45) is 8.33. The zero-order chi connectivity index (χ0) is 13.2. The van der Waals surface area contributed by atoms with Crippen LogP contribution in [0, 0.1) is 11.8 Å². The van der Waals surface area contributed by atoms with Crippen molar-refractivity contribution in [1.29, 1.82) is 0 Å². The Morgan fingerprint density at radius 2 is 1.79 bits per heavy atom. The van der Waals surface area contributed by atoms with Crippen LogP contribution in [0.4, 0.5) is 0 Å². The molecule has 3 nitrogen and oxygen atoms in total. The highest BCUT2D eigenvalue weighted by Gasteiger charge is 2.36. The van der Waals surface area contributed by atoms with E-state index in [-0.39, 0.29) is 0 Å². The molecular weight excluding hydrogens is 234 g/mol. The van der Waals surface area contributed by atoms with Gasteiger partial charge < -0.3 is 5.73 Å². The van der Waals surface area contributed by atoms with E-state index in [2.05, 4.69) is 16.7 Å². The van der Waals surface area contributed by atoms with Gasteiger partial charge in [0.25, 0.3) is 0 Å². The van der Waals surface area contributed by atoms with E-state index >= 15 is 0 Å². The van der Waals surface area contributed by atoms with E-state index < -0.39 is 0 Å². The van der Waals surface area contributed by atoms with Crippen molar-refractivity contribution in [2.24, 2.45) is 17.6 Å². The van der Waals surface area contributed by atoms with Crippen molar-refractivity contribution in [2.75, 3.05) is 32.7 Å². The number of nitrogens with two attached hydrogens (primary N) is 1. The molecule has 4 unspecified atom stereocenters. The lowest BCUT2D eigenvalue weighted by molar-refractivity contribution is 0.0792. The second-order valence-electron chi connectivity index (χ2n) is 7.16. The molecule has 1 saturated carbocycles. The Morgan fingerprint density at radius 1 is 1.00 bits per heavy atom. The van der Waals surface area contributed by atoms with Gasteiger partial charge in [-0.2, -0.15) is 0 Å². The first-order chi connectivity index (χ1) is 9.28. The molecule has 3 heteroatoms. The minimum Gasteiger partial charge on any atom is -0.330 e.